The number of aromatic nitrogens is 5. The molecular formula is C18H13F6N5. The maximum Gasteiger partial charge on any atom is 0.450 e. The van der Waals surface area contributed by atoms with Crippen LogP contribution in [0.4, 0.5) is 26.3 Å². The summed E-state index contributed by atoms with van der Waals surface area (Å²) in [5, 5.41) is 7.22. The number of alkyl halides is 6. The van der Waals surface area contributed by atoms with Gasteiger partial charge in [-0.3, -0.25) is 9.67 Å². The van der Waals surface area contributed by atoms with Gasteiger partial charge in [0.25, 0.3) is 0 Å². The molecule has 0 saturated carbocycles. The Labute approximate surface area is 159 Å². The van der Waals surface area contributed by atoms with Crippen LogP contribution in [0.15, 0.2) is 30.5 Å². The van der Waals surface area contributed by atoms with Crippen molar-refractivity contribution >= 4 is 22.1 Å². The van der Waals surface area contributed by atoms with Gasteiger partial charge in [-0.15, -0.1) is 0 Å². The lowest BCUT2D eigenvalue weighted by Gasteiger charge is -2.15. The summed E-state index contributed by atoms with van der Waals surface area (Å²) in [6.07, 6.45) is -8.27. The molecule has 1 aromatic carbocycles. The fourth-order valence-electron chi connectivity index (χ4n) is 3.20. The van der Waals surface area contributed by atoms with E-state index in [2.05, 4.69) is 20.2 Å². The molecule has 0 fully saturated rings. The van der Waals surface area contributed by atoms with Gasteiger partial charge in [0, 0.05) is 5.39 Å². The molecule has 0 unspecified atom stereocenters. The van der Waals surface area contributed by atoms with E-state index in [1.54, 1.807) is 0 Å². The summed E-state index contributed by atoms with van der Waals surface area (Å²) >= 11 is 0. The molecule has 152 valence electrons. The van der Waals surface area contributed by atoms with Crippen molar-refractivity contribution in [3.63, 3.8) is 0 Å². The maximum atomic E-state index is 13.7. The van der Waals surface area contributed by atoms with E-state index in [0.717, 1.165) is 6.07 Å². The predicted molar refractivity (Wildman–Crippen MR) is 92.6 cm³/mol. The number of nitrogens with one attached hydrogen (secondary N) is 1. The van der Waals surface area contributed by atoms with Crippen molar-refractivity contribution in [2.24, 2.45) is 0 Å². The minimum atomic E-state index is -4.90. The zero-order chi connectivity index (χ0) is 21.1. The highest BCUT2D eigenvalue weighted by molar-refractivity contribution is 5.85. The first-order chi connectivity index (χ1) is 13.5. The van der Waals surface area contributed by atoms with Gasteiger partial charge in [-0.1, -0.05) is 13.8 Å². The van der Waals surface area contributed by atoms with Gasteiger partial charge in [0.2, 0.25) is 5.82 Å². The number of hydrogen-bond donors (Lipinski definition) is 1. The molecule has 29 heavy (non-hydrogen) atoms. The number of aromatic amines is 1. The summed E-state index contributed by atoms with van der Waals surface area (Å²) in [6, 6.07) is 4.38. The minimum Gasteiger partial charge on any atom is -0.278 e. The molecule has 0 amide bonds. The molecule has 0 spiro atoms. The highest BCUT2D eigenvalue weighted by atomic mass is 19.4. The molecular weight excluding hydrogens is 400 g/mol. The van der Waals surface area contributed by atoms with Gasteiger partial charge in [-0.05, 0) is 35.7 Å². The smallest absolute Gasteiger partial charge is 0.278 e. The Hall–Kier alpha value is -3.11. The van der Waals surface area contributed by atoms with E-state index >= 15 is 0 Å². The Morgan fingerprint density at radius 2 is 1.69 bits per heavy atom. The average molecular weight is 413 g/mol. The third-order valence-corrected chi connectivity index (χ3v) is 4.49. The summed E-state index contributed by atoms with van der Waals surface area (Å²) in [7, 11) is 0. The van der Waals surface area contributed by atoms with Crippen LogP contribution in [0, 0.1) is 0 Å². The SMILES string of the molecule is CC(C)c1cc(-n2c(C(F)(F)F)nc3ccc(C(F)(F)F)nc32)cc2cn[nH]c12. The summed E-state index contributed by atoms with van der Waals surface area (Å²) in [5.41, 5.74) is -0.798. The molecule has 5 nitrogen and oxygen atoms in total. The number of imidazole rings is 1. The zero-order valence-electron chi connectivity index (χ0n) is 15.0. The van der Waals surface area contributed by atoms with Gasteiger partial charge in [0.1, 0.15) is 11.2 Å². The maximum absolute atomic E-state index is 13.7. The van der Waals surface area contributed by atoms with Crippen molar-refractivity contribution < 1.29 is 26.3 Å². The first kappa shape index (κ1) is 19.2. The first-order valence-electron chi connectivity index (χ1n) is 8.48. The average Bonchev–Trinajstić information content (AvgIpc) is 3.23. The fraction of sp³-hybridized carbons (Fsp3) is 0.278. The van der Waals surface area contributed by atoms with Gasteiger partial charge in [0.05, 0.1) is 17.4 Å². The van der Waals surface area contributed by atoms with Crippen LogP contribution < -0.4 is 0 Å². The van der Waals surface area contributed by atoms with Crippen LogP contribution in [-0.4, -0.2) is 24.7 Å². The summed E-state index contributed by atoms with van der Waals surface area (Å²) in [5.74, 6) is -1.43. The molecule has 0 bridgehead atoms. The van der Waals surface area contributed by atoms with Crippen LogP contribution in [0.5, 0.6) is 0 Å². The number of H-pyrrole nitrogens is 1. The standard InChI is InChI=1S/C18H13F6N5/c1-8(2)11-6-10(5-9-7-25-28-14(9)11)29-15-12(26-16(29)18(22,23)24)3-4-13(27-15)17(19,20)21/h3-8H,1-2H3,(H,25,28). The Balaban J connectivity index is 2.10. The highest BCUT2D eigenvalue weighted by Gasteiger charge is 2.40. The molecule has 0 aliphatic rings. The number of rotatable bonds is 2. The van der Waals surface area contributed by atoms with Gasteiger partial charge >= 0.3 is 12.4 Å². The number of fused-ring (bicyclic) bond motifs is 2. The lowest BCUT2D eigenvalue weighted by atomic mass is 10.00. The van der Waals surface area contributed by atoms with Crippen molar-refractivity contribution in [1.82, 2.24) is 24.7 Å². The topological polar surface area (TPSA) is 59.4 Å². The van der Waals surface area contributed by atoms with Crippen LogP contribution in [-0.2, 0) is 12.4 Å². The third-order valence-electron chi connectivity index (χ3n) is 4.49. The van der Waals surface area contributed by atoms with E-state index in [9.17, 15) is 26.3 Å². The van der Waals surface area contributed by atoms with E-state index in [1.807, 2.05) is 13.8 Å². The molecule has 4 aromatic rings. The van der Waals surface area contributed by atoms with Crippen LogP contribution >= 0.6 is 0 Å². The van der Waals surface area contributed by atoms with Crippen molar-refractivity contribution in [3.8, 4) is 5.69 Å². The summed E-state index contributed by atoms with van der Waals surface area (Å²) in [6.45, 7) is 3.69. The molecule has 0 aliphatic heterocycles. The van der Waals surface area contributed by atoms with Crippen LogP contribution in [0.25, 0.3) is 27.8 Å². The number of benzene rings is 1. The predicted octanol–water partition coefficient (Wildman–Crippen LogP) is 5.46. The second kappa shape index (κ2) is 6.19. The summed E-state index contributed by atoms with van der Waals surface area (Å²) < 4.78 is 80.9. The first-order valence-corrected chi connectivity index (χ1v) is 8.48. The van der Waals surface area contributed by atoms with Crippen molar-refractivity contribution in [1.29, 1.82) is 0 Å². The second-order valence-corrected chi connectivity index (χ2v) is 6.83. The molecule has 0 radical (unpaired) electrons. The van der Waals surface area contributed by atoms with E-state index < -0.39 is 29.5 Å². The molecule has 3 heterocycles. The van der Waals surface area contributed by atoms with E-state index in [1.165, 1.54) is 18.3 Å². The minimum absolute atomic E-state index is 0.00393. The molecule has 1 N–H and O–H groups in total. The van der Waals surface area contributed by atoms with Crippen molar-refractivity contribution in [2.75, 3.05) is 0 Å². The van der Waals surface area contributed by atoms with Gasteiger partial charge in [-0.2, -0.15) is 31.4 Å². The third kappa shape index (κ3) is 3.19. The molecule has 0 atom stereocenters. The van der Waals surface area contributed by atoms with Crippen LogP contribution in [0.2, 0.25) is 0 Å². The monoisotopic (exact) mass is 413 g/mol. The second-order valence-electron chi connectivity index (χ2n) is 6.83. The van der Waals surface area contributed by atoms with Crippen LogP contribution in [0.1, 0.15) is 36.8 Å². The van der Waals surface area contributed by atoms with Crippen LogP contribution in [0.3, 0.4) is 0 Å². The molecule has 0 saturated heterocycles. The van der Waals surface area contributed by atoms with Crippen molar-refractivity contribution in [3.05, 3.63) is 47.5 Å². The van der Waals surface area contributed by atoms with E-state index in [0.29, 0.717) is 27.1 Å². The molecule has 4 rings (SSSR count). The normalized spacial score (nSPS) is 13.1. The molecule has 0 aliphatic carbocycles. The van der Waals surface area contributed by atoms with E-state index in [4.69, 9.17) is 0 Å². The fourth-order valence-corrected chi connectivity index (χ4v) is 3.20. The van der Waals surface area contributed by atoms with Gasteiger partial charge in [-0.25, -0.2) is 9.97 Å². The van der Waals surface area contributed by atoms with Gasteiger partial charge in [0.15, 0.2) is 5.65 Å². The van der Waals surface area contributed by atoms with E-state index in [-0.39, 0.29) is 17.1 Å². The zero-order valence-corrected chi connectivity index (χ0v) is 15.0. The number of halogens is 6. The lowest BCUT2D eigenvalue weighted by molar-refractivity contribution is -0.145. The number of pyridine rings is 1. The largest absolute Gasteiger partial charge is 0.450 e. The Kier molecular flexibility index (Phi) is 4.10. The Bertz CT molecular complexity index is 1220. The lowest BCUT2D eigenvalue weighted by Crippen LogP contribution is -2.15. The Morgan fingerprint density at radius 3 is 2.31 bits per heavy atom. The Morgan fingerprint density at radius 1 is 0.966 bits per heavy atom. The van der Waals surface area contributed by atoms with Crippen molar-refractivity contribution in [2.45, 2.75) is 32.1 Å². The quantitative estimate of drug-likeness (QED) is 0.444. The summed E-state index contributed by atoms with van der Waals surface area (Å²) in [4.78, 5) is 6.96. The number of nitrogens with zero attached hydrogens (tertiary/aromatic N) is 4. The molecule has 11 heteroatoms. The van der Waals surface area contributed by atoms with Gasteiger partial charge < -0.3 is 0 Å². The number of hydrogen-bond acceptors (Lipinski definition) is 3. The highest BCUT2D eigenvalue weighted by Crippen LogP contribution is 2.37. The molecule has 3 aromatic heterocycles.